The molecular formula is C11H13ClN4. The van der Waals surface area contributed by atoms with Gasteiger partial charge in [0.2, 0.25) is 0 Å². The molecule has 2 aromatic rings. The van der Waals surface area contributed by atoms with Crippen molar-refractivity contribution in [2.75, 3.05) is 20.1 Å². The normalized spacial score (nSPS) is 22.0. The van der Waals surface area contributed by atoms with Gasteiger partial charge in [-0.25, -0.2) is 9.50 Å². The summed E-state index contributed by atoms with van der Waals surface area (Å²) in [5.41, 5.74) is 1.92. The molecule has 0 aromatic carbocycles. The highest BCUT2D eigenvalue weighted by atomic mass is 35.5. The number of aromatic nitrogens is 3. The molecule has 5 heteroatoms. The highest BCUT2D eigenvalue weighted by Gasteiger charge is 2.23. The second kappa shape index (κ2) is 3.71. The number of hydrogen-bond acceptors (Lipinski definition) is 3. The van der Waals surface area contributed by atoms with Crippen LogP contribution in [0.15, 0.2) is 18.3 Å². The second-order valence-corrected chi connectivity index (χ2v) is 4.74. The van der Waals surface area contributed by atoms with Crippen LogP contribution in [-0.2, 0) is 0 Å². The zero-order valence-corrected chi connectivity index (χ0v) is 9.85. The Morgan fingerprint density at radius 3 is 3.12 bits per heavy atom. The van der Waals surface area contributed by atoms with Gasteiger partial charge in [0.05, 0.1) is 11.9 Å². The molecule has 1 aliphatic rings. The number of fused-ring (bicyclic) bond motifs is 1. The summed E-state index contributed by atoms with van der Waals surface area (Å²) < 4.78 is 1.66. The van der Waals surface area contributed by atoms with Crippen molar-refractivity contribution < 1.29 is 0 Å². The first-order valence-electron chi connectivity index (χ1n) is 5.43. The van der Waals surface area contributed by atoms with Gasteiger partial charge in [-0.1, -0.05) is 11.6 Å². The van der Waals surface area contributed by atoms with Gasteiger partial charge in [-0.05, 0) is 26.1 Å². The Labute approximate surface area is 98.8 Å². The number of likely N-dealkylation sites (N-methyl/N-ethyl adjacent to an activating group) is 1. The van der Waals surface area contributed by atoms with Gasteiger partial charge in [0.25, 0.3) is 0 Å². The minimum atomic E-state index is 0.502. The van der Waals surface area contributed by atoms with Crippen molar-refractivity contribution in [2.24, 2.45) is 0 Å². The Bertz CT molecular complexity index is 522. The average molecular weight is 237 g/mol. The molecule has 0 bridgehead atoms. The minimum Gasteiger partial charge on any atom is -0.306 e. The van der Waals surface area contributed by atoms with E-state index in [0.717, 1.165) is 30.9 Å². The van der Waals surface area contributed by atoms with E-state index < -0.39 is 0 Å². The van der Waals surface area contributed by atoms with E-state index in [9.17, 15) is 0 Å². The average Bonchev–Trinajstić information content (AvgIpc) is 2.85. The van der Waals surface area contributed by atoms with Crippen LogP contribution in [0.4, 0.5) is 0 Å². The highest BCUT2D eigenvalue weighted by Crippen LogP contribution is 2.26. The Morgan fingerprint density at radius 1 is 1.50 bits per heavy atom. The van der Waals surface area contributed by atoms with Crippen LogP contribution < -0.4 is 0 Å². The van der Waals surface area contributed by atoms with Crippen LogP contribution in [0.2, 0.25) is 5.15 Å². The molecule has 0 N–H and O–H groups in total. The maximum Gasteiger partial charge on any atom is 0.156 e. The quantitative estimate of drug-likeness (QED) is 0.708. The predicted molar refractivity (Wildman–Crippen MR) is 62.9 cm³/mol. The molecule has 0 spiro atoms. The van der Waals surface area contributed by atoms with Crippen molar-refractivity contribution in [3.63, 3.8) is 0 Å². The first-order valence-corrected chi connectivity index (χ1v) is 5.80. The third-order valence-electron chi connectivity index (χ3n) is 3.15. The summed E-state index contributed by atoms with van der Waals surface area (Å²) in [6.45, 7) is 2.20. The third-order valence-corrected chi connectivity index (χ3v) is 3.41. The summed E-state index contributed by atoms with van der Waals surface area (Å²) in [7, 11) is 2.14. The van der Waals surface area contributed by atoms with E-state index in [1.165, 1.54) is 0 Å². The Morgan fingerprint density at radius 2 is 2.38 bits per heavy atom. The number of nitrogens with zero attached hydrogens (tertiary/aromatic N) is 4. The Balaban J connectivity index is 2.04. The van der Waals surface area contributed by atoms with Crippen LogP contribution in [0, 0.1) is 0 Å². The highest BCUT2D eigenvalue weighted by molar-refractivity contribution is 6.29. The van der Waals surface area contributed by atoms with Crippen LogP contribution in [0.3, 0.4) is 0 Å². The van der Waals surface area contributed by atoms with E-state index in [-0.39, 0.29) is 0 Å². The molecule has 4 nitrogen and oxygen atoms in total. The van der Waals surface area contributed by atoms with Crippen molar-refractivity contribution in [1.29, 1.82) is 0 Å². The molecule has 84 valence electrons. The van der Waals surface area contributed by atoms with Gasteiger partial charge in [0, 0.05) is 18.5 Å². The lowest BCUT2D eigenvalue weighted by molar-refractivity contribution is 0.410. The van der Waals surface area contributed by atoms with Crippen LogP contribution >= 0.6 is 11.6 Å². The number of hydrogen-bond donors (Lipinski definition) is 0. The van der Waals surface area contributed by atoms with Gasteiger partial charge in [0.1, 0.15) is 5.15 Å². The third kappa shape index (κ3) is 1.58. The van der Waals surface area contributed by atoms with E-state index in [1.54, 1.807) is 10.7 Å². The van der Waals surface area contributed by atoms with Crippen LogP contribution in [0.1, 0.15) is 18.0 Å². The number of likely N-dealkylation sites (tertiary alicyclic amines) is 1. The Kier molecular flexibility index (Phi) is 2.33. The van der Waals surface area contributed by atoms with Gasteiger partial charge < -0.3 is 4.90 Å². The van der Waals surface area contributed by atoms with Gasteiger partial charge in [-0.3, -0.25) is 0 Å². The van der Waals surface area contributed by atoms with Gasteiger partial charge >= 0.3 is 0 Å². The molecule has 2 aromatic heterocycles. The van der Waals surface area contributed by atoms with Gasteiger partial charge in [-0.15, -0.1) is 0 Å². The summed E-state index contributed by atoms with van der Waals surface area (Å²) in [5.74, 6) is 0.502. The monoisotopic (exact) mass is 236 g/mol. The van der Waals surface area contributed by atoms with Crippen molar-refractivity contribution in [1.82, 2.24) is 19.5 Å². The molecule has 0 amide bonds. The largest absolute Gasteiger partial charge is 0.306 e. The van der Waals surface area contributed by atoms with E-state index in [0.29, 0.717) is 11.1 Å². The second-order valence-electron chi connectivity index (χ2n) is 4.35. The first-order chi connectivity index (χ1) is 7.74. The molecule has 1 unspecified atom stereocenters. The lowest BCUT2D eigenvalue weighted by atomic mass is 10.1. The molecule has 3 rings (SSSR count). The van der Waals surface area contributed by atoms with E-state index in [1.807, 2.05) is 12.1 Å². The summed E-state index contributed by atoms with van der Waals surface area (Å²) in [5, 5.41) is 4.75. The fourth-order valence-corrected chi connectivity index (χ4v) is 2.52. The summed E-state index contributed by atoms with van der Waals surface area (Å²) in [6, 6.07) is 3.82. The fourth-order valence-electron chi connectivity index (χ4n) is 2.28. The van der Waals surface area contributed by atoms with Crippen LogP contribution in [-0.4, -0.2) is 39.6 Å². The fraction of sp³-hybridized carbons (Fsp3) is 0.455. The van der Waals surface area contributed by atoms with E-state index in [4.69, 9.17) is 11.6 Å². The lowest BCUT2D eigenvalue weighted by Crippen LogP contribution is -2.14. The molecule has 16 heavy (non-hydrogen) atoms. The molecule has 0 radical (unpaired) electrons. The summed E-state index contributed by atoms with van der Waals surface area (Å²) >= 11 is 6.17. The molecule has 1 saturated heterocycles. The summed E-state index contributed by atoms with van der Waals surface area (Å²) in [6.07, 6.45) is 2.88. The minimum absolute atomic E-state index is 0.502. The number of halogens is 1. The SMILES string of the molecule is CN1CCC(c2cc(Cl)n3nccc3n2)C1. The zero-order valence-electron chi connectivity index (χ0n) is 9.10. The molecular weight excluding hydrogens is 224 g/mol. The molecule has 1 fully saturated rings. The molecule has 1 atom stereocenters. The van der Waals surface area contributed by atoms with Crippen molar-refractivity contribution in [2.45, 2.75) is 12.3 Å². The van der Waals surface area contributed by atoms with E-state index in [2.05, 4.69) is 22.0 Å². The molecule has 3 heterocycles. The zero-order chi connectivity index (χ0) is 11.1. The maximum atomic E-state index is 6.17. The smallest absolute Gasteiger partial charge is 0.156 e. The van der Waals surface area contributed by atoms with Crippen LogP contribution in [0.5, 0.6) is 0 Å². The van der Waals surface area contributed by atoms with Crippen LogP contribution in [0.25, 0.3) is 5.65 Å². The topological polar surface area (TPSA) is 33.4 Å². The standard InChI is InChI=1S/C11H13ClN4/c1-15-5-3-8(7-15)9-6-10(12)16-11(14-9)2-4-13-16/h2,4,6,8H,3,5,7H2,1H3. The first kappa shape index (κ1) is 10.1. The van der Waals surface area contributed by atoms with Crippen molar-refractivity contribution >= 4 is 17.2 Å². The lowest BCUT2D eigenvalue weighted by Gasteiger charge is -2.10. The Hall–Kier alpha value is -1.13. The summed E-state index contributed by atoms with van der Waals surface area (Å²) in [4.78, 5) is 6.92. The molecule has 0 aliphatic carbocycles. The van der Waals surface area contributed by atoms with Crippen molar-refractivity contribution in [3.05, 3.63) is 29.2 Å². The van der Waals surface area contributed by atoms with E-state index >= 15 is 0 Å². The molecule has 0 saturated carbocycles. The molecule has 1 aliphatic heterocycles. The van der Waals surface area contributed by atoms with Crippen molar-refractivity contribution in [3.8, 4) is 0 Å². The van der Waals surface area contributed by atoms with Gasteiger partial charge in [-0.2, -0.15) is 5.10 Å². The van der Waals surface area contributed by atoms with Gasteiger partial charge in [0.15, 0.2) is 5.65 Å². The number of rotatable bonds is 1. The maximum absolute atomic E-state index is 6.17. The predicted octanol–water partition coefficient (Wildman–Crippen LogP) is 1.80.